The van der Waals surface area contributed by atoms with Gasteiger partial charge in [-0.25, -0.2) is 15.6 Å². The lowest BCUT2D eigenvalue weighted by Crippen LogP contribution is -2.34. The van der Waals surface area contributed by atoms with Crippen LogP contribution in [0.4, 0.5) is 11.5 Å². The Morgan fingerprint density at radius 1 is 1.30 bits per heavy atom. The van der Waals surface area contributed by atoms with E-state index in [0.29, 0.717) is 22.5 Å². The highest BCUT2D eigenvalue weighted by Gasteiger charge is 2.18. The molecule has 8 heteroatoms. The summed E-state index contributed by atoms with van der Waals surface area (Å²) in [6.07, 6.45) is 5.04. The number of fused-ring (bicyclic) bond motifs is 1. The molecule has 118 valence electrons. The molecule has 0 aliphatic carbocycles. The van der Waals surface area contributed by atoms with Crippen LogP contribution in [0.1, 0.15) is 10.4 Å². The molecule has 0 aromatic carbocycles. The van der Waals surface area contributed by atoms with E-state index >= 15 is 0 Å². The summed E-state index contributed by atoms with van der Waals surface area (Å²) in [6.45, 7) is 0. The second-order valence-corrected chi connectivity index (χ2v) is 4.70. The average Bonchev–Trinajstić information content (AvgIpc) is 2.98. The maximum atomic E-state index is 12.4. The molecule has 0 saturated carbocycles. The van der Waals surface area contributed by atoms with E-state index in [1.165, 1.54) is 6.20 Å². The van der Waals surface area contributed by atoms with E-state index in [-0.39, 0.29) is 5.82 Å². The Morgan fingerprint density at radius 3 is 2.83 bits per heavy atom. The fraction of sp³-hybridized carbons (Fsp3) is 0.0667. The van der Waals surface area contributed by atoms with Crippen molar-refractivity contribution in [3.05, 3.63) is 54.5 Å². The van der Waals surface area contributed by atoms with E-state index in [1.807, 2.05) is 0 Å². The van der Waals surface area contributed by atoms with Crippen molar-refractivity contribution in [2.45, 2.75) is 0 Å². The predicted octanol–water partition coefficient (Wildman–Crippen LogP) is 1.38. The van der Waals surface area contributed by atoms with Gasteiger partial charge in [0.05, 0.1) is 18.2 Å². The van der Waals surface area contributed by atoms with Gasteiger partial charge in [0.25, 0.3) is 0 Å². The molecule has 0 bridgehead atoms. The summed E-state index contributed by atoms with van der Waals surface area (Å²) < 4.78 is 6.94. The third kappa shape index (κ3) is 2.74. The number of methoxy groups -OCH3 is 1. The average molecular weight is 313 g/mol. The van der Waals surface area contributed by atoms with Crippen molar-refractivity contribution in [2.24, 2.45) is 5.84 Å². The van der Waals surface area contributed by atoms with Gasteiger partial charge in [-0.1, -0.05) is 0 Å². The molecule has 3 aromatic rings. The van der Waals surface area contributed by atoms with Crippen LogP contribution >= 0.6 is 0 Å². The summed E-state index contributed by atoms with van der Waals surface area (Å²) in [5, 5.41) is 0.800. The zero-order valence-corrected chi connectivity index (χ0v) is 12.3. The number of ether oxygens (including phenoxy) is 1. The van der Waals surface area contributed by atoms with E-state index < -0.39 is 5.97 Å². The van der Waals surface area contributed by atoms with Gasteiger partial charge in [0.1, 0.15) is 11.4 Å². The number of hydrogen-bond acceptors (Lipinski definition) is 7. The smallest absolute Gasteiger partial charge is 0.367 e. The molecule has 8 nitrogen and oxygen atoms in total. The molecule has 0 radical (unpaired) electrons. The third-order valence-corrected chi connectivity index (χ3v) is 3.32. The van der Waals surface area contributed by atoms with Crippen LogP contribution in [0.15, 0.2) is 48.9 Å². The zero-order valence-electron chi connectivity index (χ0n) is 12.3. The lowest BCUT2D eigenvalue weighted by atomic mass is 10.2. The third-order valence-electron chi connectivity index (χ3n) is 3.32. The van der Waals surface area contributed by atoms with Gasteiger partial charge in [-0.3, -0.25) is 0 Å². The molecule has 23 heavy (non-hydrogen) atoms. The van der Waals surface area contributed by atoms with Gasteiger partial charge in [-0.2, -0.15) is 0 Å². The summed E-state index contributed by atoms with van der Waals surface area (Å²) in [5.74, 6) is 5.91. The Bertz CT molecular complexity index is 861. The molecule has 3 aromatic heterocycles. The molecule has 3 rings (SSSR count). The van der Waals surface area contributed by atoms with Crippen LogP contribution in [-0.4, -0.2) is 22.5 Å². The highest BCUT2D eigenvalue weighted by molar-refractivity contribution is 5.98. The summed E-state index contributed by atoms with van der Waals surface area (Å²) in [7, 11) is 1.56. The highest BCUT2D eigenvalue weighted by atomic mass is 16.7. The summed E-state index contributed by atoms with van der Waals surface area (Å²) >= 11 is 0. The number of anilines is 2. The lowest BCUT2D eigenvalue weighted by molar-refractivity contribution is 0.0453. The Balaban J connectivity index is 1.87. The van der Waals surface area contributed by atoms with Crippen LogP contribution in [-0.2, 0) is 4.84 Å². The van der Waals surface area contributed by atoms with Gasteiger partial charge < -0.3 is 19.7 Å². The van der Waals surface area contributed by atoms with Gasteiger partial charge in [0, 0.05) is 24.7 Å². The van der Waals surface area contributed by atoms with Crippen LogP contribution in [0, 0.1) is 0 Å². The van der Waals surface area contributed by atoms with E-state index in [4.69, 9.17) is 21.2 Å². The van der Waals surface area contributed by atoms with Crippen molar-refractivity contribution in [3.8, 4) is 5.75 Å². The van der Waals surface area contributed by atoms with Crippen molar-refractivity contribution >= 4 is 23.0 Å². The minimum atomic E-state index is -0.619. The van der Waals surface area contributed by atoms with Gasteiger partial charge in [0.2, 0.25) is 0 Å². The predicted molar refractivity (Wildman–Crippen MR) is 84.7 cm³/mol. The number of nitrogens with two attached hydrogens (primary N) is 2. The standard InChI is InChI=1S/C15H15N5O3/c1-22-10-4-7-19-8-5-11(13(19)9-10)15(21)23-20(17)12-3-2-6-18-14(12)16/h2-9H,17H2,1H3,(H2,16,18). The summed E-state index contributed by atoms with van der Waals surface area (Å²) in [5.41, 5.74) is 6.98. The quantitative estimate of drug-likeness (QED) is 0.553. The van der Waals surface area contributed by atoms with E-state index in [2.05, 4.69) is 4.98 Å². The van der Waals surface area contributed by atoms with Crippen LogP contribution in [0.2, 0.25) is 0 Å². The molecule has 0 aliphatic heterocycles. The molecule has 0 spiro atoms. The normalized spacial score (nSPS) is 10.5. The molecule has 0 aliphatic rings. The highest BCUT2D eigenvalue weighted by Crippen LogP contribution is 2.22. The van der Waals surface area contributed by atoms with Crippen molar-refractivity contribution in [2.75, 3.05) is 18.0 Å². The van der Waals surface area contributed by atoms with Gasteiger partial charge >= 0.3 is 5.97 Å². The molecule has 3 heterocycles. The summed E-state index contributed by atoms with van der Waals surface area (Å²) in [6, 6.07) is 8.38. The molecule has 0 fully saturated rings. The van der Waals surface area contributed by atoms with Crippen LogP contribution in [0.3, 0.4) is 0 Å². The van der Waals surface area contributed by atoms with Crippen molar-refractivity contribution < 1.29 is 14.4 Å². The zero-order chi connectivity index (χ0) is 16.4. The SMILES string of the molecule is COc1ccn2ccc(C(=O)ON(N)c3cccnc3N)c2c1. The van der Waals surface area contributed by atoms with Crippen molar-refractivity contribution in [1.29, 1.82) is 0 Å². The number of pyridine rings is 2. The van der Waals surface area contributed by atoms with E-state index in [0.717, 1.165) is 5.17 Å². The number of carbonyl (C=O) groups is 1. The maximum absolute atomic E-state index is 12.4. The van der Waals surface area contributed by atoms with E-state index in [1.54, 1.807) is 54.2 Å². The Kier molecular flexibility index (Phi) is 3.73. The molecule has 0 atom stereocenters. The second kappa shape index (κ2) is 5.85. The maximum Gasteiger partial charge on any atom is 0.367 e. The Hall–Kier alpha value is -3.26. The number of hydrazine groups is 1. The molecule has 0 amide bonds. The number of rotatable bonds is 4. The first-order chi connectivity index (χ1) is 11.1. The van der Waals surface area contributed by atoms with E-state index in [9.17, 15) is 4.79 Å². The summed E-state index contributed by atoms with van der Waals surface area (Å²) in [4.78, 5) is 21.4. The van der Waals surface area contributed by atoms with Gasteiger partial charge in [-0.05, 0) is 24.3 Å². The van der Waals surface area contributed by atoms with Crippen LogP contribution in [0.25, 0.3) is 5.52 Å². The number of aromatic nitrogens is 2. The lowest BCUT2D eigenvalue weighted by Gasteiger charge is -2.17. The van der Waals surface area contributed by atoms with Crippen LogP contribution in [0.5, 0.6) is 5.75 Å². The van der Waals surface area contributed by atoms with Crippen LogP contribution < -0.4 is 21.5 Å². The Morgan fingerprint density at radius 2 is 2.09 bits per heavy atom. The number of hydrogen-bond donors (Lipinski definition) is 2. The molecular formula is C15H15N5O3. The minimum absolute atomic E-state index is 0.159. The van der Waals surface area contributed by atoms with Gasteiger partial charge in [0.15, 0.2) is 5.82 Å². The fourth-order valence-electron chi connectivity index (χ4n) is 2.16. The van der Waals surface area contributed by atoms with Crippen molar-refractivity contribution in [3.63, 3.8) is 0 Å². The number of carbonyl (C=O) groups excluding carboxylic acids is 1. The largest absolute Gasteiger partial charge is 0.497 e. The first-order valence-electron chi connectivity index (χ1n) is 6.72. The van der Waals surface area contributed by atoms with Crippen molar-refractivity contribution in [1.82, 2.24) is 9.38 Å². The minimum Gasteiger partial charge on any atom is -0.497 e. The van der Waals surface area contributed by atoms with Gasteiger partial charge in [-0.15, -0.1) is 5.17 Å². The topological polar surface area (TPSA) is 108 Å². The first kappa shape index (κ1) is 14.7. The molecule has 4 N–H and O–H groups in total. The number of nitrogens with zero attached hydrogens (tertiary/aromatic N) is 3. The fourth-order valence-corrected chi connectivity index (χ4v) is 2.16. The second-order valence-electron chi connectivity index (χ2n) is 4.70. The molecule has 0 saturated heterocycles. The monoisotopic (exact) mass is 313 g/mol. The Labute approximate surface area is 131 Å². The molecular weight excluding hydrogens is 298 g/mol. The number of nitrogen functional groups attached to an aromatic ring is 1. The molecule has 0 unspecified atom stereocenters. The first-order valence-corrected chi connectivity index (χ1v) is 6.72.